The van der Waals surface area contributed by atoms with Crippen molar-refractivity contribution in [3.63, 3.8) is 0 Å². The van der Waals surface area contributed by atoms with Gasteiger partial charge in [-0.3, -0.25) is 0 Å². The lowest BCUT2D eigenvalue weighted by Crippen LogP contribution is -2.57. The van der Waals surface area contributed by atoms with E-state index < -0.39 is 0 Å². The molecular formula is C15H25. The Morgan fingerprint density at radius 1 is 1.07 bits per heavy atom. The molecule has 4 bridgehead atoms. The van der Waals surface area contributed by atoms with E-state index in [1.54, 1.807) is 19.3 Å². The minimum Gasteiger partial charge on any atom is -0.0651 e. The van der Waals surface area contributed by atoms with Gasteiger partial charge in [0.2, 0.25) is 0 Å². The highest BCUT2D eigenvalue weighted by Gasteiger charge is 2.60. The van der Waals surface area contributed by atoms with Crippen molar-refractivity contribution in [3.8, 4) is 0 Å². The normalized spacial score (nSPS) is 51.0. The molecule has 0 aromatic heterocycles. The molecule has 0 spiro atoms. The molecule has 0 saturated heterocycles. The van der Waals surface area contributed by atoms with Crippen LogP contribution in [0.15, 0.2) is 0 Å². The zero-order chi connectivity index (χ0) is 10.7. The van der Waals surface area contributed by atoms with E-state index in [0.717, 1.165) is 17.8 Å². The van der Waals surface area contributed by atoms with Crippen molar-refractivity contribution in [1.29, 1.82) is 0 Å². The molecular weight excluding hydrogens is 180 g/mol. The van der Waals surface area contributed by atoms with Crippen molar-refractivity contribution >= 4 is 0 Å². The van der Waals surface area contributed by atoms with Crippen LogP contribution in [0, 0.1) is 35.0 Å². The van der Waals surface area contributed by atoms with Gasteiger partial charge in [0.25, 0.3) is 0 Å². The Labute approximate surface area is 94.8 Å². The monoisotopic (exact) mass is 205 g/mol. The lowest BCUT2D eigenvalue weighted by atomic mass is 9.39. The summed E-state index contributed by atoms with van der Waals surface area (Å²) in [5, 5.41) is 0. The van der Waals surface area contributed by atoms with E-state index in [9.17, 15) is 0 Å². The third kappa shape index (κ3) is 1.20. The molecule has 4 aliphatic rings. The van der Waals surface area contributed by atoms with Crippen LogP contribution in [0.2, 0.25) is 0 Å². The van der Waals surface area contributed by atoms with E-state index >= 15 is 0 Å². The molecule has 4 saturated carbocycles. The van der Waals surface area contributed by atoms with Gasteiger partial charge in [0.1, 0.15) is 0 Å². The Bertz CT molecular complexity index is 249. The highest BCUT2D eigenvalue weighted by molar-refractivity contribution is 5.14. The Hall–Kier alpha value is 0. The molecule has 0 aromatic carbocycles. The molecule has 1 radical (unpaired) electrons. The maximum Gasteiger partial charge on any atom is -0.0207 e. The second-order valence-corrected chi connectivity index (χ2v) is 7.03. The van der Waals surface area contributed by atoms with Crippen molar-refractivity contribution in [2.75, 3.05) is 0 Å². The van der Waals surface area contributed by atoms with Gasteiger partial charge in [-0.1, -0.05) is 27.2 Å². The minimum absolute atomic E-state index is 0.594. The van der Waals surface area contributed by atoms with Crippen LogP contribution in [-0.4, -0.2) is 0 Å². The zero-order valence-corrected chi connectivity index (χ0v) is 10.6. The van der Waals surface area contributed by atoms with Gasteiger partial charge >= 0.3 is 0 Å². The van der Waals surface area contributed by atoms with Gasteiger partial charge < -0.3 is 0 Å². The van der Waals surface area contributed by atoms with Crippen LogP contribution in [0.3, 0.4) is 0 Å². The Kier molecular flexibility index (Phi) is 2.05. The third-order valence-corrected chi connectivity index (χ3v) is 6.11. The van der Waals surface area contributed by atoms with Crippen LogP contribution in [0.1, 0.15) is 59.3 Å². The smallest absolute Gasteiger partial charge is 0.0207 e. The largest absolute Gasteiger partial charge is 0.0651 e. The van der Waals surface area contributed by atoms with Gasteiger partial charge in [-0.05, 0) is 67.1 Å². The molecule has 0 N–H and O–H groups in total. The van der Waals surface area contributed by atoms with Crippen molar-refractivity contribution in [1.82, 2.24) is 0 Å². The highest BCUT2D eigenvalue weighted by Crippen LogP contribution is 2.69. The van der Waals surface area contributed by atoms with E-state index in [2.05, 4.69) is 27.2 Å². The lowest BCUT2D eigenvalue weighted by Gasteiger charge is -2.66. The van der Waals surface area contributed by atoms with Gasteiger partial charge in [0.15, 0.2) is 0 Å². The third-order valence-electron chi connectivity index (χ3n) is 6.11. The average Bonchev–Trinajstić information content (AvgIpc) is 2.14. The molecule has 0 amide bonds. The number of hydrogen-bond donors (Lipinski definition) is 0. The summed E-state index contributed by atoms with van der Waals surface area (Å²) < 4.78 is 0. The molecule has 4 fully saturated rings. The summed E-state index contributed by atoms with van der Waals surface area (Å²) >= 11 is 0. The fourth-order valence-electron chi connectivity index (χ4n) is 5.35. The van der Waals surface area contributed by atoms with E-state index in [-0.39, 0.29) is 0 Å². The van der Waals surface area contributed by atoms with Crippen LogP contribution < -0.4 is 0 Å². The summed E-state index contributed by atoms with van der Waals surface area (Å²) in [6.45, 7) is 7.44. The van der Waals surface area contributed by atoms with Gasteiger partial charge in [0, 0.05) is 0 Å². The topological polar surface area (TPSA) is 0 Å². The van der Waals surface area contributed by atoms with Crippen molar-refractivity contribution in [2.45, 2.75) is 59.3 Å². The molecule has 2 unspecified atom stereocenters. The van der Waals surface area contributed by atoms with Crippen LogP contribution in [-0.2, 0) is 0 Å². The van der Waals surface area contributed by atoms with E-state index in [0.29, 0.717) is 10.8 Å². The summed E-state index contributed by atoms with van der Waals surface area (Å²) in [6, 6.07) is 0. The van der Waals surface area contributed by atoms with Crippen LogP contribution in [0.5, 0.6) is 0 Å². The standard InChI is InChI=1S/C15H25/c1-4-5-15-9-11-6-12(10-15)8-13(7-11)14(15,2)3/h5,11-13H,4,6-10H2,1-3H3. The Morgan fingerprint density at radius 3 is 2.20 bits per heavy atom. The average molecular weight is 205 g/mol. The summed E-state index contributed by atoms with van der Waals surface area (Å²) in [5.41, 5.74) is 1.22. The van der Waals surface area contributed by atoms with Crippen LogP contribution in [0.25, 0.3) is 0 Å². The minimum atomic E-state index is 0.594. The molecule has 0 heterocycles. The molecule has 0 aliphatic heterocycles. The second-order valence-electron chi connectivity index (χ2n) is 7.03. The molecule has 0 nitrogen and oxygen atoms in total. The highest BCUT2D eigenvalue weighted by atomic mass is 14.6. The first kappa shape index (κ1) is 10.2. The van der Waals surface area contributed by atoms with Crippen molar-refractivity contribution in [3.05, 3.63) is 6.42 Å². The molecule has 4 aliphatic carbocycles. The summed E-state index contributed by atoms with van der Waals surface area (Å²) in [5.74, 6) is 3.20. The predicted octanol–water partition coefficient (Wildman–Crippen LogP) is 4.45. The fraction of sp³-hybridized carbons (Fsp3) is 0.933. The molecule has 0 heteroatoms. The van der Waals surface area contributed by atoms with Crippen LogP contribution in [0.4, 0.5) is 0 Å². The second kappa shape index (κ2) is 3.02. The fourth-order valence-corrected chi connectivity index (χ4v) is 5.35. The Balaban J connectivity index is 1.97. The number of rotatable bonds is 2. The quantitative estimate of drug-likeness (QED) is 0.624. The van der Waals surface area contributed by atoms with E-state index in [4.69, 9.17) is 0 Å². The van der Waals surface area contributed by atoms with Gasteiger partial charge in [-0.25, -0.2) is 0 Å². The van der Waals surface area contributed by atoms with Gasteiger partial charge in [-0.15, -0.1) is 0 Å². The molecule has 0 aromatic rings. The SMILES string of the molecule is CC[CH]C12CC3CC(CC(C3)C1(C)C)C2. The van der Waals surface area contributed by atoms with Crippen LogP contribution >= 0.6 is 0 Å². The maximum atomic E-state index is 2.69. The molecule has 85 valence electrons. The van der Waals surface area contributed by atoms with E-state index in [1.807, 2.05) is 0 Å². The first-order valence-electron chi connectivity index (χ1n) is 6.92. The maximum absolute atomic E-state index is 2.69. The predicted molar refractivity (Wildman–Crippen MR) is 64.4 cm³/mol. The summed E-state index contributed by atoms with van der Waals surface area (Å²) in [6.07, 6.45) is 11.6. The molecule has 2 atom stereocenters. The zero-order valence-electron chi connectivity index (χ0n) is 10.6. The van der Waals surface area contributed by atoms with Crippen molar-refractivity contribution < 1.29 is 0 Å². The van der Waals surface area contributed by atoms with Crippen molar-refractivity contribution in [2.24, 2.45) is 28.6 Å². The molecule has 15 heavy (non-hydrogen) atoms. The molecule has 4 rings (SSSR count). The van der Waals surface area contributed by atoms with Gasteiger partial charge in [-0.2, -0.15) is 0 Å². The lowest BCUT2D eigenvalue weighted by molar-refractivity contribution is -0.142. The Morgan fingerprint density at radius 2 is 1.67 bits per heavy atom. The first-order valence-corrected chi connectivity index (χ1v) is 6.92. The number of hydrogen-bond acceptors (Lipinski definition) is 0. The van der Waals surface area contributed by atoms with E-state index in [1.165, 1.54) is 19.3 Å². The summed E-state index contributed by atoms with van der Waals surface area (Å²) in [7, 11) is 0. The first-order chi connectivity index (χ1) is 7.07. The summed E-state index contributed by atoms with van der Waals surface area (Å²) in [4.78, 5) is 0. The van der Waals surface area contributed by atoms with Gasteiger partial charge in [0.05, 0.1) is 0 Å².